The highest BCUT2D eigenvalue weighted by Crippen LogP contribution is 2.28. The van der Waals surface area contributed by atoms with Crippen LogP contribution in [-0.2, 0) is 25.9 Å². The number of carbonyl (C=O) groups excluding carboxylic acids is 1. The molecule has 0 radical (unpaired) electrons. The van der Waals surface area contributed by atoms with Crippen molar-refractivity contribution in [3.05, 3.63) is 41.1 Å². The van der Waals surface area contributed by atoms with E-state index >= 15 is 0 Å². The van der Waals surface area contributed by atoms with Gasteiger partial charge in [0.15, 0.2) is 5.69 Å². The number of aromatic nitrogens is 2. The summed E-state index contributed by atoms with van der Waals surface area (Å²) in [5, 5.41) is 4.68. The second-order valence-corrected chi connectivity index (χ2v) is 6.95. The summed E-state index contributed by atoms with van der Waals surface area (Å²) >= 11 is 0. The fourth-order valence-electron chi connectivity index (χ4n) is 4.04. The van der Waals surface area contributed by atoms with Crippen molar-refractivity contribution in [2.75, 3.05) is 20.1 Å². The summed E-state index contributed by atoms with van der Waals surface area (Å²) in [6.45, 7) is 9.84. The summed E-state index contributed by atoms with van der Waals surface area (Å²) in [4.78, 5) is 17.3. The topological polar surface area (TPSA) is 54.5 Å². The molecule has 6 nitrogen and oxygen atoms in total. The maximum atomic E-state index is 13.1. The van der Waals surface area contributed by atoms with E-state index in [9.17, 15) is 4.79 Å². The van der Waals surface area contributed by atoms with Gasteiger partial charge in [-0.3, -0.25) is 9.48 Å². The highest BCUT2D eigenvalue weighted by Gasteiger charge is 2.31. The van der Waals surface area contributed by atoms with E-state index in [4.69, 9.17) is 4.42 Å². The summed E-state index contributed by atoms with van der Waals surface area (Å²) in [7, 11) is 1.81. The Morgan fingerprint density at radius 2 is 2.12 bits per heavy atom. The monoisotopic (exact) mass is 358 g/mol. The fourth-order valence-corrected chi connectivity index (χ4v) is 4.04. The van der Waals surface area contributed by atoms with Crippen LogP contribution in [0.15, 0.2) is 22.8 Å². The second kappa shape index (κ2) is 8.08. The van der Waals surface area contributed by atoms with Crippen LogP contribution < -0.4 is 0 Å². The third-order valence-corrected chi connectivity index (χ3v) is 5.47. The van der Waals surface area contributed by atoms with E-state index in [1.54, 1.807) is 11.2 Å². The zero-order chi connectivity index (χ0) is 18.7. The van der Waals surface area contributed by atoms with Crippen molar-refractivity contribution in [1.82, 2.24) is 19.6 Å². The molecule has 142 valence electrons. The van der Waals surface area contributed by atoms with Crippen molar-refractivity contribution >= 4 is 5.91 Å². The van der Waals surface area contributed by atoms with Crippen LogP contribution in [0.4, 0.5) is 0 Å². The van der Waals surface area contributed by atoms with E-state index in [0.29, 0.717) is 18.3 Å². The minimum Gasteiger partial charge on any atom is -0.467 e. The van der Waals surface area contributed by atoms with Gasteiger partial charge in [0.05, 0.1) is 12.8 Å². The standard InChI is InChI=1S/C20H30N4O2/c1-5-23(6-2)15-10-11-18-17(13-15)19(21-24(18)7-3)20(25)22(4)14-16-9-8-12-26-16/h8-9,12,15H,5-7,10-11,13-14H2,1-4H3/t15-/m1/s1. The van der Waals surface area contributed by atoms with Gasteiger partial charge in [-0.1, -0.05) is 13.8 Å². The molecule has 1 atom stereocenters. The zero-order valence-corrected chi connectivity index (χ0v) is 16.4. The first-order chi connectivity index (χ1) is 12.6. The smallest absolute Gasteiger partial charge is 0.274 e. The molecular formula is C20H30N4O2. The summed E-state index contributed by atoms with van der Waals surface area (Å²) in [5.41, 5.74) is 3.00. The van der Waals surface area contributed by atoms with E-state index in [2.05, 4.69) is 30.8 Å². The minimum atomic E-state index is -0.0231. The number of likely N-dealkylation sites (N-methyl/N-ethyl adjacent to an activating group) is 1. The van der Waals surface area contributed by atoms with E-state index in [1.807, 2.05) is 23.9 Å². The Bertz CT molecular complexity index is 731. The molecule has 0 saturated carbocycles. The molecule has 2 aromatic rings. The van der Waals surface area contributed by atoms with Crippen LogP contribution in [0.2, 0.25) is 0 Å². The van der Waals surface area contributed by atoms with Crippen LogP contribution in [0.1, 0.15) is 54.7 Å². The van der Waals surface area contributed by atoms with Crippen molar-refractivity contribution in [3.8, 4) is 0 Å². The largest absolute Gasteiger partial charge is 0.467 e. The Morgan fingerprint density at radius 3 is 2.73 bits per heavy atom. The van der Waals surface area contributed by atoms with E-state index in [0.717, 1.165) is 50.2 Å². The number of fused-ring (bicyclic) bond motifs is 1. The van der Waals surface area contributed by atoms with Crippen LogP contribution in [0.5, 0.6) is 0 Å². The first-order valence-corrected chi connectivity index (χ1v) is 9.69. The highest BCUT2D eigenvalue weighted by atomic mass is 16.3. The Hall–Kier alpha value is -2.08. The quantitative estimate of drug-likeness (QED) is 0.764. The molecule has 0 fully saturated rings. The number of nitrogens with zero attached hydrogens (tertiary/aromatic N) is 4. The Kier molecular flexibility index (Phi) is 5.81. The zero-order valence-electron chi connectivity index (χ0n) is 16.4. The fraction of sp³-hybridized carbons (Fsp3) is 0.600. The number of hydrogen-bond acceptors (Lipinski definition) is 4. The third-order valence-electron chi connectivity index (χ3n) is 5.47. The van der Waals surface area contributed by atoms with Gasteiger partial charge in [-0.25, -0.2) is 0 Å². The number of aryl methyl sites for hydroxylation is 1. The van der Waals surface area contributed by atoms with Crippen LogP contribution in [0, 0.1) is 0 Å². The SMILES string of the molecule is CCN(CC)[C@@H]1CCc2c(c(C(=O)N(C)Cc3ccco3)nn2CC)C1. The van der Waals surface area contributed by atoms with Gasteiger partial charge in [0.2, 0.25) is 0 Å². The van der Waals surface area contributed by atoms with Crippen molar-refractivity contribution in [2.45, 2.75) is 59.2 Å². The Labute approximate surface area is 155 Å². The lowest BCUT2D eigenvalue weighted by molar-refractivity contribution is 0.0767. The molecule has 0 saturated heterocycles. The predicted molar refractivity (Wildman–Crippen MR) is 101 cm³/mol. The third kappa shape index (κ3) is 3.56. The van der Waals surface area contributed by atoms with Crippen LogP contribution in [0.3, 0.4) is 0 Å². The first-order valence-electron chi connectivity index (χ1n) is 9.69. The molecule has 1 amide bonds. The molecule has 0 aliphatic heterocycles. The molecule has 1 aliphatic rings. The summed E-state index contributed by atoms with van der Waals surface area (Å²) in [6.07, 6.45) is 4.67. The maximum absolute atomic E-state index is 13.1. The molecule has 2 heterocycles. The van der Waals surface area contributed by atoms with Gasteiger partial charge in [-0.05, 0) is 51.4 Å². The van der Waals surface area contributed by atoms with Crippen LogP contribution in [0.25, 0.3) is 0 Å². The lowest BCUT2D eigenvalue weighted by Crippen LogP contribution is -2.39. The van der Waals surface area contributed by atoms with Gasteiger partial charge in [-0.2, -0.15) is 5.10 Å². The molecule has 3 rings (SSSR count). The molecule has 26 heavy (non-hydrogen) atoms. The molecule has 2 aromatic heterocycles. The summed E-state index contributed by atoms with van der Waals surface area (Å²) in [5.74, 6) is 0.760. The Balaban J connectivity index is 1.86. The number of furan rings is 1. The van der Waals surface area contributed by atoms with Crippen LogP contribution >= 0.6 is 0 Å². The molecule has 0 N–H and O–H groups in total. The maximum Gasteiger partial charge on any atom is 0.274 e. The first kappa shape index (κ1) is 18.7. The summed E-state index contributed by atoms with van der Waals surface area (Å²) in [6, 6.07) is 4.23. The average Bonchev–Trinajstić information content (AvgIpc) is 3.29. The molecule has 0 bridgehead atoms. The van der Waals surface area contributed by atoms with Gasteiger partial charge < -0.3 is 14.2 Å². The summed E-state index contributed by atoms with van der Waals surface area (Å²) < 4.78 is 7.40. The minimum absolute atomic E-state index is 0.0231. The molecule has 1 aliphatic carbocycles. The molecule has 0 aromatic carbocycles. The highest BCUT2D eigenvalue weighted by molar-refractivity contribution is 5.94. The van der Waals surface area contributed by atoms with Gasteiger partial charge in [0.25, 0.3) is 5.91 Å². The average molecular weight is 358 g/mol. The van der Waals surface area contributed by atoms with Crippen molar-refractivity contribution in [2.24, 2.45) is 0 Å². The molecule has 6 heteroatoms. The van der Waals surface area contributed by atoms with Crippen molar-refractivity contribution < 1.29 is 9.21 Å². The number of carbonyl (C=O) groups is 1. The number of rotatable bonds is 7. The van der Waals surface area contributed by atoms with Gasteiger partial charge >= 0.3 is 0 Å². The predicted octanol–water partition coefficient (Wildman–Crippen LogP) is 2.97. The van der Waals surface area contributed by atoms with Gasteiger partial charge in [-0.15, -0.1) is 0 Å². The molecule has 0 spiro atoms. The molecule has 0 unspecified atom stereocenters. The second-order valence-electron chi connectivity index (χ2n) is 6.95. The van der Waals surface area contributed by atoms with E-state index in [1.165, 1.54) is 5.69 Å². The lowest BCUT2D eigenvalue weighted by Gasteiger charge is -2.33. The van der Waals surface area contributed by atoms with Crippen molar-refractivity contribution in [1.29, 1.82) is 0 Å². The van der Waals surface area contributed by atoms with Gasteiger partial charge in [0.1, 0.15) is 5.76 Å². The number of hydrogen-bond donors (Lipinski definition) is 0. The Morgan fingerprint density at radius 1 is 1.35 bits per heavy atom. The number of amides is 1. The van der Waals surface area contributed by atoms with Crippen molar-refractivity contribution in [3.63, 3.8) is 0 Å². The molecular weight excluding hydrogens is 328 g/mol. The van der Waals surface area contributed by atoms with Crippen LogP contribution in [-0.4, -0.2) is 51.7 Å². The lowest BCUT2D eigenvalue weighted by atomic mass is 9.90. The van der Waals surface area contributed by atoms with Gasteiger partial charge in [0, 0.05) is 30.9 Å². The normalized spacial score (nSPS) is 16.7. The van der Waals surface area contributed by atoms with E-state index < -0.39 is 0 Å². The van der Waals surface area contributed by atoms with E-state index in [-0.39, 0.29) is 5.91 Å².